The third-order valence-corrected chi connectivity index (χ3v) is 4.45. The Morgan fingerprint density at radius 1 is 1.26 bits per heavy atom. The molecule has 1 N–H and O–H groups in total. The number of hydrogen-bond donors (Lipinski definition) is 1. The van der Waals surface area contributed by atoms with E-state index in [0.717, 1.165) is 17.1 Å². The van der Waals surface area contributed by atoms with Gasteiger partial charge in [0.2, 0.25) is 0 Å². The van der Waals surface area contributed by atoms with Crippen molar-refractivity contribution in [2.24, 2.45) is 0 Å². The van der Waals surface area contributed by atoms with Crippen LogP contribution in [0.15, 0.2) is 35.3 Å². The molecule has 2 fully saturated rings. The highest BCUT2D eigenvalue weighted by Crippen LogP contribution is 2.38. The van der Waals surface area contributed by atoms with Crippen LogP contribution in [0, 0.1) is 6.92 Å². The molecular formula is C17H20N4O2. The van der Waals surface area contributed by atoms with Gasteiger partial charge in [0.05, 0.1) is 24.9 Å². The molecule has 0 bridgehead atoms. The van der Waals surface area contributed by atoms with Crippen LogP contribution in [-0.2, 0) is 4.74 Å². The molecule has 0 spiro atoms. The molecule has 1 aliphatic carbocycles. The van der Waals surface area contributed by atoms with Crippen molar-refractivity contribution in [1.82, 2.24) is 14.8 Å². The van der Waals surface area contributed by atoms with Gasteiger partial charge in [-0.2, -0.15) is 5.10 Å². The number of rotatable bonds is 4. The lowest BCUT2D eigenvalue weighted by Gasteiger charge is -2.21. The second-order valence-corrected chi connectivity index (χ2v) is 6.36. The van der Waals surface area contributed by atoms with Crippen molar-refractivity contribution in [3.05, 3.63) is 52.2 Å². The maximum absolute atomic E-state index is 12.3. The molecule has 2 aromatic heterocycles. The average molecular weight is 312 g/mol. The molecule has 0 amide bonds. The lowest BCUT2D eigenvalue weighted by molar-refractivity contribution is 0.182. The normalized spacial score (nSPS) is 23.9. The van der Waals surface area contributed by atoms with Crippen molar-refractivity contribution in [2.45, 2.75) is 37.8 Å². The highest BCUT2D eigenvalue weighted by molar-refractivity contribution is 5.44. The Morgan fingerprint density at radius 3 is 2.91 bits per heavy atom. The van der Waals surface area contributed by atoms with Gasteiger partial charge in [0.15, 0.2) is 0 Å². The molecule has 0 radical (unpaired) electrons. The summed E-state index contributed by atoms with van der Waals surface area (Å²) < 4.78 is 7.22. The molecule has 3 heterocycles. The van der Waals surface area contributed by atoms with Gasteiger partial charge in [-0.05, 0) is 38.0 Å². The molecule has 120 valence electrons. The second kappa shape index (κ2) is 5.77. The fraction of sp³-hybridized carbons (Fsp3) is 0.471. The first kappa shape index (κ1) is 14.4. The summed E-state index contributed by atoms with van der Waals surface area (Å²) in [5.74, 6) is 0.526. The molecule has 2 aromatic rings. The predicted octanol–water partition coefficient (Wildman–Crippen LogP) is 1.88. The van der Waals surface area contributed by atoms with Crippen LogP contribution >= 0.6 is 0 Å². The Bertz CT molecular complexity index is 769. The van der Waals surface area contributed by atoms with E-state index in [1.807, 2.05) is 25.1 Å². The number of aromatic nitrogens is 3. The molecule has 23 heavy (non-hydrogen) atoms. The van der Waals surface area contributed by atoms with E-state index < -0.39 is 0 Å². The van der Waals surface area contributed by atoms with E-state index in [4.69, 9.17) is 4.74 Å². The van der Waals surface area contributed by atoms with Crippen molar-refractivity contribution in [2.75, 3.05) is 18.5 Å². The van der Waals surface area contributed by atoms with Gasteiger partial charge in [0.25, 0.3) is 5.56 Å². The van der Waals surface area contributed by atoms with E-state index in [1.165, 1.54) is 12.8 Å². The van der Waals surface area contributed by atoms with Crippen LogP contribution in [0.25, 0.3) is 0 Å². The molecular weight excluding hydrogens is 292 g/mol. The van der Waals surface area contributed by atoms with E-state index in [9.17, 15) is 4.79 Å². The number of anilines is 1. The molecule has 6 nitrogen and oxygen atoms in total. The zero-order valence-corrected chi connectivity index (χ0v) is 13.1. The molecule has 4 rings (SSSR count). The van der Waals surface area contributed by atoms with Crippen molar-refractivity contribution < 1.29 is 4.74 Å². The van der Waals surface area contributed by atoms with Crippen LogP contribution in [0.4, 0.5) is 5.69 Å². The van der Waals surface area contributed by atoms with Gasteiger partial charge >= 0.3 is 0 Å². The summed E-state index contributed by atoms with van der Waals surface area (Å²) in [5, 5.41) is 8.05. The number of aryl methyl sites for hydroxylation is 1. The van der Waals surface area contributed by atoms with Gasteiger partial charge in [0.1, 0.15) is 6.04 Å². The summed E-state index contributed by atoms with van der Waals surface area (Å²) in [6.45, 7) is 3.02. The molecule has 1 aliphatic heterocycles. The summed E-state index contributed by atoms with van der Waals surface area (Å²) >= 11 is 0. The summed E-state index contributed by atoms with van der Waals surface area (Å²) in [5.41, 5.74) is 2.90. The first-order chi connectivity index (χ1) is 11.2. The van der Waals surface area contributed by atoms with Crippen molar-refractivity contribution >= 4 is 5.69 Å². The van der Waals surface area contributed by atoms with E-state index in [0.29, 0.717) is 19.1 Å². The third kappa shape index (κ3) is 2.99. The Balaban J connectivity index is 1.60. The Labute approximate surface area is 134 Å². The minimum atomic E-state index is -0.0883. The van der Waals surface area contributed by atoms with Gasteiger partial charge in [-0.15, -0.1) is 0 Å². The number of pyridine rings is 1. The summed E-state index contributed by atoms with van der Waals surface area (Å²) in [6.07, 6.45) is 4.12. The van der Waals surface area contributed by atoms with Gasteiger partial charge in [-0.3, -0.25) is 9.78 Å². The van der Waals surface area contributed by atoms with Crippen molar-refractivity contribution in [3.63, 3.8) is 0 Å². The highest BCUT2D eigenvalue weighted by atomic mass is 16.5. The average Bonchev–Trinajstić information content (AvgIpc) is 3.29. The fourth-order valence-corrected chi connectivity index (χ4v) is 3.05. The van der Waals surface area contributed by atoms with Crippen LogP contribution in [0.3, 0.4) is 0 Å². The number of hydrogen-bond acceptors (Lipinski definition) is 5. The maximum atomic E-state index is 12.3. The van der Waals surface area contributed by atoms with Crippen LogP contribution < -0.4 is 10.9 Å². The molecule has 2 aliphatic rings. The molecule has 6 heteroatoms. The standard InChI is InChI=1S/C17H20N4O2/c1-11-8-13(6-7-18-11)19-15-9-23-10-16(15)21-17(22)5-4-14(20-21)12-2-3-12/h4-8,12,15-16H,2-3,9-10H2,1H3,(H,18,19). The van der Waals surface area contributed by atoms with Crippen molar-refractivity contribution in [1.29, 1.82) is 0 Å². The Hall–Kier alpha value is -2.21. The van der Waals surface area contributed by atoms with E-state index in [1.54, 1.807) is 16.9 Å². The van der Waals surface area contributed by atoms with Crippen molar-refractivity contribution in [3.8, 4) is 0 Å². The number of nitrogens with zero attached hydrogens (tertiary/aromatic N) is 3. The SMILES string of the molecule is Cc1cc(NC2COCC2n2nc(C3CC3)ccc2=O)ccn1. The zero-order valence-electron chi connectivity index (χ0n) is 13.1. The first-order valence-electron chi connectivity index (χ1n) is 8.07. The van der Waals surface area contributed by atoms with Crippen LogP contribution in [-0.4, -0.2) is 34.0 Å². The predicted molar refractivity (Wildman–Crippen MR) is 86.7 cm³/mol. The summed E-state index contributed by atoms with van der Waals surface area (Å²) in [7, 11) is 0. The van der Waals surface area contributed by atoms with E-state index in [-0.39, 0.29) is 17.6 Å². The first-order valence-corrected chi connectivity index (χ1v) is 8.07. The van der Waals surface area contributed by atoms with Gasteiger partial charge < -0.3 is 10.1 Å². The van der Waals surface area contributed by atoms with E-state index in [2.05, 4.69) is 15.4 Å². The summed E-state index contributed by atoms with van der Waals surface area (Å²) in [4.78, 5) is 16.5. The largest absolute Gasteiger partial charge is 0.378 e. The van der Waals surface area contributed by atoms with Crippen LogP contribution in [0.2, 0.25) is 0 Å². The molecule has 2 atom stereocenters. The molecule has 2 unspecified atom stereocenters. The minimum Gasteiger partial charge on any atom is -0.378 e. The smallest absolute Gasteiger partial charge is 0.267 e. The molecule has 1 saturated carbocycles. The second-order valence-electron chi connectivity index (χ2n) is 6.36. The van der Waals surface area contributed by atoms with E-state index >= 15 is 0 Å². The lowest BCUT2D eigenvalue weighted by atomic mass is 10.1. The maximum Gasteiger partial charge on any atom is 0.267 e. The number of ether oxygens (including phenoxy) is 1. The van der Waals surface area contributed by atoms with Crippen LogP contribution in [0.5, 0.6) is 0 Å². The molecule has 0 aromatic carbocycles. The fourth-order valence-electron chi connectivity index (χ4n) is 3.05. The van der Waals surface area contributed by atoms with Gasteiger partial charge in [-0.25, -0.2) is 4.68 Å². The topological polar surface area (TPSA) is 69.0 Å². The Morgan fingerprint density at radius 2 is 2.13 bits per heavy atom. The number of nitrogens with one attached hydrogen (secondary N) is 1. The zero-order chi connectivity index (χ0) is 15.8. The molecule has 1 saturated heterocycles. The minimum absolute atomic E-state index is 0.0245. The monoisotopic (exact) mass is 312 g/mol. The quantitative estimate of drug-likeness (QED) is 0.933. The highest BCUT2D eigenvalue weighted by Gasteiger charge is 2.33. The lowest BCUT2D eigenvalue weighted by Crippen LogP contribution is -2.37. The van der Waals surface area contributed by atoms with Gasteiger partial charge in [0, 0.05) is 29.6 Å². The van der Waals surface area contributed by atoms with Gasteiger partial charge in [-0.1, -0.05) is 0 Å². The van der Waals surface area contributed by atoms with Crippen LogP contribution in [0.1, 0.15) is 36.2 Å². The summed E-state index contributed by atoms with van der Waals surface area (Å²) in [6, 6.07) is 7.35. The Kier molecular flexibility index (Phi) is 3.61. The third-order valence-electron chi connectivity index (χ3n) is 4.45.